The molecule has 1 atom stereocenters. The van der Waals surface area contributed by atoms with E-state index >= 15 is 0 Å². The lowest BCUT2D eigenvalue weighted by molar-refractivity contribution is -0.146. The van der Waals surface area contributed by atoms with Gasteiger partial charge in [0.05, 0.1) is 24.2 Å². The number of amides is 6. The number of aryl methyl sites for hydroxylation is 3. The number of aromatic nitrogens is 4. The Labute approximate surface area is 428 Å². The van der Waals surface area contributed by atoms with E-state index in [9.17, 15) is 38.7 Å². The molecule has 18 nitrogen and oxygen atoms in total. The number of H-pyrrole nitrogens is 1. The Morgan fingerprint density at radius 2 is 1.58 bits per heavy atom. The smallest absolute Gasteiger partial charge is 0.272 e. The molecule has 6 amide bonds. The molecule has 0 aliphatic carbocycles. The van der Waals surface area contributed by atoms with Crippen molar-refractivity contribution in [1.82, 2.24) is 45.7 Å². The maximum Gasteiger partial charge on any atom is 0.272 e. The van der Waals surface area contributed by atoms with Crippen LogP contribution < -0.4 is 10.9 Å². The number of carbonyl (C=O) groups is 7. The second kappa shape index (κ2) is 27.1. The van der Waals surface area contributed by atoms with E-state index in [1.54, 1.807) is 10.8 Å². The van der Waals surface area contributed by atoms with Crippen molar-refractivity contribution in [3.63, 3.8) is 0 Å². The van der Waals surface area contributed by atoms with Crippen molar-refractivity contribution in [3.05, 3.63) is 131 Å². The summed E-state index contributed by atoms with van der Waals surface area (Å²) >= 11 is 1.35. The van der Waals surface area contributed by atoms with Gasteiger partial charge in [-0.1, -0.05) is 72.7 Å². The maximum absolute atomic E-state index is 13.2. The number of nitrogens with zero attached hydrogens (tertiary/aromatic N) is 6. The first-order valence-electron chi connectivity index (χ1n) is 24.9. The Hall–Kier alpha value is -7.06. The lowest BCUT2D eigenvalue weighted by atomic mass is 10.1. The summed E-state index contributed by atoms with van der Waals surface area (Å²) < 4.78 is 1.71. The second-order valence-corrected chi connectivity index (χ2v) is 19.5. The molecule has 0 bridgehead atoms. The van der Waals surface area contributed by atoms with Crippen LogP contribution in [0.25, 0.3) is 17.0 Å². The number of carbonyl (C=O) groups excluding carboxylic acids is 7. The van der Waals surface area contributed by atoms with Crippen molar-refractivity contribution in [3.8, 4) is 0 Å². The van der Waals surface area contributed by atoms with Crippen LogP contribution in [0.3, 0.4) is 0 Å². The van der Waals surface area contributed by atoms with Crippen molar-refractivity contribution in [2.45, 2.75) is 114 Å². The first-order valence-corrected chi connectivity index (χ1v) is 25.7. The standard InChI is InChI=1S/C54H63N9O9S/c1-38-45(46-11-6-7-12-47(46)55-38)28-31-60(32-33-64)35-40-16-14-39(15-17-40)20-25-50(67)58-72-37-41-18-23-44(24-19-41)73-48-34-53(70)62(54(48)71)30-9-2-4-10-43(65)22-21-42-36-61(59-56-42)29-8-3-5-13-49(66)57-63-51(68)26-27-52(63)69/h6-7,11-12,14-20,23-27,36,48,55,64H,2-5,8-10,13,21-22,28-35,37H2,1H3,(H,57,66)(H,58,67)/b25-20+. The van der Waals surface area contributed by atoms with Crippen LogP contribution in [-0.4, -0.2) is 113 Å². The number of unbranched alkanes of at least 4 members (excludes halogenated alkanes) is 4. The number of rotatable bonds is 30. The third-order valence-corrected chi connectivity index (χ3v) is 13.9. The Balaban J connectivity index is 0.716. The first kappa shape index (κ1) is 53.7. The number of hydroxylamine groups is 1. The van der Waals surface area contributed by atoms with E-state index < -0.39 is 28.9 Å². The van der Waals surface area contributed by atoms with Crippen LogP contribution in [0, 0.1) is 6.92 Å². The SMILES string of the molecule is Cc1[nH]c2ccccc2c1CCN(CCO)Cc1ccc(/C=C/C(=O)NOCc2ccc(SC3CC(=O)N(CCCCCC(=O)CCc4cn(CCCCCC(=O)NN5C(=O)C=CC5=O)nn4)C3=O)cc2)cc1. The zero-order valence-electron chi connectivity index (χ0n) is 41.1. The number of aliphatic hydroxyl groups is 1. The number of likely N-dealkylation sites (tertiary alicyclic amines) is 1. The zero-order valence-corrected chi connectivity index (χ0v) is 41.9. The summed E-state index contributed by atoms with van der Waals surface area (Å²) in [6.45, 7) is 5.30. The van der Waals surface area contributed by atoms with Gasteiger partial charge in [0.1, 0.15) is 5.78 Å². The highest BCUT2D eigenvalue weighted by molar-refractivity contribution is 8.00. The minimum absolute atomic E-state index is 0.0753. The fourth-order valence-corrected chi connectivity index (χ4v) is 9.76. The van der Waals surface area contributed by atoms with Crippen molar-refractivity contribution in [2.24, 2.45) is 0 Å². The number of ketones is 1. The van der Waals surface area contributed by atoms with Gasteiger partial charge in [0, 0.05) is 104 Å². The highest BCUT2D eigenvalue weighted by Crippen LogP contribution is 2.32. The summed E-state index contributed by atoms with van der Waals surface area (Å²) in [5.74, 6) is -2.23. The quantitative estimate of drug-likeness (QED) is 0.0183. The average molecular weight is 1010 g/mol. The molecule has 2 aromatic heterocycles. The summed E-state index contributed by atoms with van der Waals surface area (Å²) in [7, 11) is 0. The average Bonchev–Trinajstić information content (AvgIpc) is 4.13. The van der Waals surface area contributed by atoms with Gasteiger partial charge in [-0.25, -0.2) is 5.48 Å². The number of thioether (sulfide) groups is 1. The summed E-state index contributed by atoms with van der Waals surface area (Å²) in [5.41, 5.74) is 11.9. The fourth-order valence-electron chi connectivity index (χ4n) is 8.69. The number of benzene rings is 3. The largest absolute Gasteiger partial charge is 0.395 e. The lowest BCUT2D eigenvalue weighted by Crippen LogP contribution is -2.45. The molecule has 4 N–H and O–H groups in total. The Morgan fingerprint density at radius 1 is 0.849 bits per heavy atom. The van der Waals surface area contributed by atoms with E-state index in [1.807, 2.05) is 60.8 Å². The molecule has 4 heterocycles. The van der Waals surface area contributed by atoms with Crippen LogP contribution in [0.1, 0.15) is 97.8 Å². The molecular weight excluding hydrogens is 951 g/mol. The number of aromatic amines is 1. The highest BCUT2D eigenvalue weighted by Gasteiger charge is 2.38. The van der Waals surface area contributed by atoms with E-state index in [-0.39, 0.29) is 43.7 Å². The van der Waals surface area contributed by atoms with Crippen molar-refractivity contribution in [1.29, 1.82) is 0 Å². The molecule has 0 radical (unpaired) electrons. The number of hydrazine groups is 1. The van der Waals surface area contributed by atoms with Crippen LogP contribution in [0.5, 0.6) is 0 Å². The summed E-state index contributed by atoms with van der Waals surface area (Å²) in [6.07, 6.45) is 13.6. The first-order chi connectivity index (χ1) is 35.4. The summed E-state index contributed by atoms with van der Waals surface area (Å²) in [5, 5.41) is 19.4. The Bertz CT molecular complexity index is 2770. The van der Waals surface area contributed by atoms with Gasteiger partial charge in [-0.2, -0.15) is 5.01 Å². The molecule has 1 saturated heterocycles. The zero-order chi connectivity index (χ0) is 51.5. The van der Waals surface area contributed by atoms with Crippen molar-refractivity contribution >= 4 is 70.0 Å². The molecule has 5 aromatic rings. The predicted molar refractivity (Wildman–Crippen MR) is 274 cm³/mol. The van der Waals surface area contributed by atoms with Gasteiger partial charge in [0.15, 0.2) is 0 Å². The van der Waals surface area contributed by atoms with Gasteiger partial charge in [0.25, 0.3) is 17.7 Å². The molecule has 0 saturated carbocycles. The van der Waals surface area contributed by atoms with Crippen LogP contribution in [0.4, 0.5) is 0 Å². The Kier molecular flexibility index (Phi) is 20.0. The van der Waals surface area contributed by atoms with E-state index in [1.165, 1.54) is 39.4 Å². The Morgan fingerprint density at radius 3 is 2.34 bits per heavy atom. The summed E-state index contributed by atoms with van der Waals surface area (Å²) in [6, 6.07) is 23.7. The van der Waals surface area contributed by atoms with E-state index in [4.69, 9.17) is 4.84 Å². The predicted octanol–water partition coefficient (Wildman–Crippen LogP) is 5.86. The number of imide groups is 2. The fraction of sp³-hybridized carbons (Fsp3) is 0.389. The van der Waals surface area contributed by atoms with Crippen molar-refractivity contribution < 1.29 is 43.5 Å². The molecule has 3 aromatic carbocycles. The van der Waals surface area contributed by atoms with Crippen LogP contribution in [0.15, 0.2) is 102 Å². The molecule has 1 unspecified atom stereocenters. The molecule has 1 fully saturated rings. The molecule has 2 aliphatic rings. The molecule has 73 heavy (non-hydrogen) atoms. The third-order valence-electron chi connectivity index (χ3n) is 12.7. The van der Waals surface area contributed by atoms with E-state index in [0.717, 1.165) is 70.8 Å². The third kappa shape index (κ3) is 16.2. The van der Waals surface area contributed by atoms with Crippen LogP contribution in [0.2, 0.25) is 0 Å². The lowest BCUT2D eigenvalue weighted by Gasteiger charge is -2.21. The minimum atomic E-state index is -0.568. The molecule has 2 aliphatic heterocycles. The van der Waals surface area contributed by atoms with Gasteiger partial charge in [-0.05, 0) is 92.0 Å². The number of aliphatic hydroxyl groups excluding tert-OH is 1. The molecule has 7 rings (SSSR count). The van der Waals surface area contributed by atoms with Gasteiger partial charge in [-0.3, -0.25) is 58.3 Å². The molecule has 19 heteroatoms. The molecule has 384 valence electrons. The number of nitrogens with one attached hydrogen (secondary N) is 3. The van der Waals surface area contributed by atoms with Crippen molar-refractivity contribution in [2.75, 3.05) is 26.2 Å². The highest BCUT2D eigenvalue weighted by atomic mass is 32.2. The van der Waals surface area contributed by atoms with Gasteiger partial charge >= 0.3 is 0 Å². The van der Waals surface area contributed by atoms with Gasteiger partial charge in [-0.15, -0.1) is 16.9 Å². The molecular formula is C54H63N9O9S. The number of para-hydroxylation sites is 1. The maximum atomic E-state index is 13.2. The number of hydrogen-bond acceptors (Lipinski definition) is 13. The number of hydrogen-bond donors (Lipinski definition) is 4. The van der Waals surface area contributed by atoms with Crippen LogP contribution in [-0.2, 0) is 70.9 Å². The second-order valence-electron chi connectivity index (χ2n) is 18.2. The topological polar surface area (TPSA) is 229 Å². The van der Waals surface area contributed by atoms with E-state index in [2.05, 4.69) is 56.2 Å². The monoisotopic (exact) mass is 1010 g/mol. The normalized spacial score (nSPS) is 14.8. The number of fused-ring (bicyclic) bond motifs is 1. The van der Waals surface area contributed by atoms with Gasteiger partial charge < -0.3 is 10.1 Å². The summed E-state index contributed by atoms with van der Waals surface area (Å²) in [4.78, 5) is 99.6. The van der Waals surface area contributed by atoms with Crippen LogP contribution >= 0.6 is 11.8 Å². The van der Waals surface area contributed by atoms with E-state index in [0.29, 0.717) is 76.1 Å². The minimum Gasteiger partial charge on any atom is -0.395 e. The number of Topliss-reactive ketones (excluding diaryl/α,β-unsaturated/α-hetero) is 1. The van der Waals surface area contributed by atoms with Gasteiger partial charge in [0.2, 0.25) is 17.7 Å². The molecule has 0 spiro atoms.